The van der Waals surface area contributed by atoms with E-state index in [1.807, 2.05) is 18.2 Å². The zero-order valence-corrected chi connectivity index (χ0v) is 11.7. The Morgan fingerprint density at radius 2 is 2.32 bits per heavy atom. The maximum absolute atomic E-state index is 10.4. The van der Waals surface area contributed by atoms with E-state index >= 15 is 0 Å². The molecule has 1 saturated carbocycles. The Morgan fingerprint density at radius 3 is 3.00 bits per heavy atom. The van der Waals surface area contributed by atoms with Crippen LogP contribution in [0.15, 0.2) is 18.2 Å². The van der Waals surface area contributed by atoms with Crippen molar-refractivity contribution in [2.75, 3.05) is 6.54 Å². The minimum Gasteiger partial charge on any atom is -0.387 e. The lowest BCUT2D eigenvalue weighted by Crippen LogP contribution is -2.49. The number of nitrogens with zero attached hydrogens (tertiary/aromatic N) is 1. The first kappa shape index (κ1) is 12.9. The van der Waals surface area contributed by atoms with Gasteiger partial charge in [0, 0.05) is 17.5 Å². The Bertz CT molecular complexity index is 591. The van der Waals surface area contributed by atoms with Crippen LogP contribution in [0, 0.1) is 0 Å². The standard InChI is InChI=1S/C14H18ClN3O/c1-14(6-3-7-14)16-8-11(19)9-4-2-5-10-12(9)13(15)18-17-10/h2,4-5,11,16,19H,3,6-8H2,1H3,(H,17,18)/t11-/m0/s1. The fourth-order valence-corrected chi connectivity index (χ4v) is 2.92. The predicted molar refractivity (Wildman–Crippen MR) is 76.3 cm³/mol. The molecule has 0 unspecified atom stereocenters. The maximum Gasteiger partial charge on any atom is 0.132 e. The highest BCUT2D eigenvalue weighted by atomic mass is 35.5. The molecule has 1 atom stereocenters. The maximum atomic E-state index is 10.4. The summed E-state index contributed by atoms with van der Waals surface area (Å²) in [6, 6.07) is 5.68. The van der Waals surface area contributed by atoms with Crippen LogP contribution in [0.5, 0.6) is 0 Å². The van der Waals surface area contributed by atoms with E-state index in [0.29, 0.717) is 11.7 Å². The van der Waals surface area contributed by atoms with E-state index in [-0.39, 0.29) is 5.54 Å². The van der Waals surface area contributed by atoms with E-state index in [1.165, 1.54) is 19.3 Å². The first-order chi connectivity index (χ1) is 9.09. The lowest BCUT2D eigenvalue weighted by Gasteiger charge is -2.40. The third kappa shape index (κ3) is 2.36. The van der Waals surface area contributed by atoms with E-state index in [1.54, 1.807) is 0 Å². The van der Waals surface area contributed by atoms with Crippen LogP contribution in [0.25, 0.3) is 10.9 Å². The van der Waals surface area contributed by atoms with Gasteiger partial charge in [0.1, 0.15) is 5.15 Å². The number of aromatic nitrogens is 2. The molecule has 1 fully saturated rings. The molecule has 3 rings (SSSR count). The minimum atomic E-state index is -0.573. The van der Waals surface area contributed by atoms with Crippen LogP contribution < -0.4 is 5.32 Å². The molecule has 0 aliphatic heterocycles. The summed E-state index contributed by atoms with van der Waals surface area (Å²) in [6.45, 7) is 2.74. The van der Waals surface area contributed by atoms with Gasteiger partial charge in [-0.1, -0.05) is 23.7 Å². The van der Waals surface area contributed by atoms with Crippen LogP contribution >= 0.6 is 11.6 Å². The molecular weight excluding hydrogens is 262 g/mol. The summed E-state index contributed by atoms with van der Waals surface area (Å²) < 4.78 is 0. The van der Waals surface area contributed by atoms with Gasteiger partial charge in [-0.2, -0.15) is 5.10 Å². The van der Waals surface area contributed by atoms with Crippen molar-refractivity contribution < 1.29 is 5.11 Å². The SMILES string of the molecule is CC1(NC[C@H](O)c2cccc3n[nH]c(Cl)c23)CCC1. The summed E-state index contributed by atoms with van der Waals surface area (Å²) >= 11 is 6.10. The molecule has 1 aliphatic rings. The van der Waals surface area contributed by atoms with Crippen LogP contribution in [-0.4, -0.2) is 27.4 Å². The van der Waals surface area contributed by atoms with Crippen LogP contribution in [-0.2, 0) is 0 Å². The van der Waals surface area contributed by atoms with Gasteiger partial charge < -0.3 is 10.4 Å². The summed E-state index contributed by atoms with van der Waals surface area (Å²) in [6.07, 6.45) is 3.05. The molecule has 1 aromatic carbocycles. The molecule has 1 aromatic heterocycles. The van der Waals surface area contributed by atoms with Crippen molar-refractivity contribution in [3.8, 4) is 0 Å². The Labute approximate surface area is 117 Å². The van der Waals surface area contributed by atoms with E-state index in [2.05, 4.69) is 22.4 Å². The van der Waals surface area contributed by atoms with Gasteiger partial charge in [-0.3, -0.25) is 5.10 Å². The van der Waals surface area contributed by atoms with Crippen molar-refractivity contribution in [1.29, 1.82) is 0 Å². The number of hydrogen-bond acceptors (Lipinski definition) is 3. The largest absolute Gasteiger partial charge is 0.387 e. The molecule has 1 aliphatic carbocycles. The fraction of sp³-hybridized carbons (Fsp3) is 0.500. The number of H-pyrrole nitrogens is 1. The first-order valence-corrected chi connectivity index (χ1v) is 7.02. The average molecular weight is 280 g/mol. The second-order valence-corrected chi connectivity index (χ2v) is 5.97. The van der Waals surface area contributed by atoms with Crippen LogP contribution in [0.2, 0.25) is 5.15 Å². The molecule has 0 radical (unpaired) electrons. The van der Waals surface area contributed by atoms with E-state index in [4.69, 9.17) is 11.6 Å². The Balaban J connectivity index is 1.81. The third-order valence-corrected chi connectivity index (χ3v) is 4.38. The van der Waals surface area contributed by atoms with Gasteiger partial charge in [0.25, 0.3) is 0 Å². The number of halogens is 1. The van der Waals surface area contributed by atoms with Gasteiger partial charge in [0.15, 0.2) is 0 Å². The summed E-state index contributed by atoms with van der Waals surface area (Å²) in [4.78, 5) is 0. The van der Waals surface area contributed by atoms with Crippen molar-refractivity contribution >= 4 is 22.5 Å². The van der Waals surface area contributed by atoms with Gasteiger partial charge in [-0.25, -0.2) is 0 Å². The summed E-state index contributed by atoms with van der Waals surface area (Å²) in [5.74, 6) is 0. The van der Waals surface area contributed by atoms with Crippen molar-refractivity contribution in [3.63, 3.8) is 0 Å². The molecule has 4 nitrogen and oxygen atoms in total. The molecular formula is C14H18ClN3O. The molecule has 19 heavy (non-hydrogen) atoms. The normalized spacial score (nSPS) is 19.3. The van der Waals surface area contributed by atoms with Crippen molar-refractivity contribution in [1.82, 2.24) is 15.5 Å². The van der Waals surface area contributed by atoms with Crippen molar-refractivity contribution in [2.24, 2.45) is 0 Å². The number of aromatic amines is 1. The molecule has 0 amide bonds. The molecule has 0 bridgehead atoms. The number of β-amino-alcohol motifs (C(OH)–C–C–N with tert-alkyl or cyclic N) is 1. The fourth-order valence-electron chi connectivity index (χ4n) is 2.67. The van der Waals surface area contributed by atoms with Gasteiger partial charge in [0.2, 0.25) is 0 Å². The Hall–Kier alpha value is -1.10. The predicted octanol–water partition coefficient (Wildman–Crippen LogP) is 2.78. The molecule has 5 heteroatoms. The van der Waals surface area contributed by atoms with Crippen molar-refractivity contribution in [3.05, 3.63) is 28.9 Å². The van der Waals surface area contributed by atoms with Gasteiger partial charge >= 0.3 is 0 Å². The van der Waals surface area contributed by atoms with Gasteiger partial charge in [0.05, 0.1) is 11.6 Å². The topological polar surface area (TPSA) is 60.9 Å². The lowest BCUT2D eigenvalue weighted by molar-refractivity contribution is 0.133. The molecule has 0 saturated heterocycles. The zero-order chi connectivity index (χ0) is 13.5. The van der Waals surface area contributed by atoms with E-state index in [0.717, 1.165) is 16.5 Å². The third-order valence-electron chi connectivity index (χ3n) is 4.11. The molecule has 3 N–H and O–H groups in total. The minimum absolute atomic E-state index is 0.190. The molecule has 2 aromatic rings. The lowest BCUT2D eigenvalue weighted by atomic mass is 9.78. The number of rotatable bonds is 4. The summed E-state index contributed by atoms with van der Waals surface area (Å²) in [7, 11) is 0. The van der Waals surface area contributed by atoms with E-state index < -0.39 is 6.10 Å². The number of nitrogens with one attached hydrogen (secondary N) is 2. The average Bonchev–Trinajstić information content (AvgIpc) is 2.76. The van der Waals surface area contributed by atoms with E-state index in [9.17, 15) is 5.11 Å². The highest BCUT2D eigenvalue weighted by molar-refractivity contribution is 6.34. The molecule has 1 heterocycles. The molecule has 102 valence electrons. The van der Waals surface area contributed by atoms with Crippen LogP contribution in [0.3, 0.4) is 0 Å². The Kier molecular flexibility index (Phi) is 3.25. The second-order valence-electron chi connectivity index (χ2n) is 5.59. The zero-order valence-electron chi connectivity index (χ0n) is 10.9. The Morgan fingerprint density at radius 1 is 1.53 bits per heavy atom. The highest BCUT2D eigenvalue weighted by Gasteiger charge is 2.31. The van der Waals surface area contributed by atoms with Gasteiger partial charge in [-0.05, 0) is 37.8 Å². The highest BCUT2D eigenvalue weighted by Crippen LogP contribution is 2.32. The number of aliphatic hydroxyl groups excluding tert-OH is 1. The monoisotopic (exact) mass is 279 g/mol. The number of fused-ring (bicyclic) bond motifs is 1. The summed E-state index contributed by atoms with van der Waals surface area (Å²) in [5, 5.41) is 22.0. The first-order valence-electron chi connectivity index (χ1n) is 6.65. The quantitative estimate of drug-likeness (QED) is 0.806. The van der Waals surface area contributed by atoms with Crippen LogP contribution in [0.1, 0.15) is 37.9 Å². The number of hydrogen-bond donors (Lipinski definition) is 3. The number of benzene rings is 1. The van der Waals surface area contributed by atoms with Crippen LogP contribution in [0.4, 0.5) is 0 Å². The van der Waals surface area contributed by atoms with Gasteiger partial charge in [-0.15, -0.1) is 0 Å². The summed E-state index contributed by atoms with van der Waals surface area (Å²) in [5.41, 5.74) is 1.80. The second kappa shape index (κ2) is 4.78. The number of aliphatic hydroxyl groups is 1. The van der Waals surface area contributed by atoms with Crippen molar-refractivity contribution in [2.45, 2.75) is 37.8 Å². The molecule has 0 spiro atoms. The smallest absolute Gasteiger partial charge is 0.132 e.